The van der Waals surface area contributed by atoms with Crippen molar-refractivity contribution < 1.29 is 8.78 Å². The van der Waals surface area contributed by atoms with Gasteiger partial charge in [-0.2, -0.15) is 8.78 Å². The standard InChI is InChI=1S/C12H16F2N2S/c13-12(14)17-11-4-2-10(3-5-11)16-8-1-6-15-7-9-16/h2-5,12,15H,1,6-9H2. The zero-order chi connectivity index (χ0) is 12.1. The number of thioether (sulfide) groups is 1. The predicted octanol–water partition coefficient (Wildman–Crippen LogP) is 2.80. The van der Waals surface area contributed by atoms with E-state index in [1.807, 2.05) is 12.1 Å². The summed E-state index contributed by atoms with van der Waals surface area (Å²) in [6, 6.07) is 7.39. The molecule has 0 saturated carbocycles. The van der Waals surface area contributed by atoms with E-state index in [9.17, 15) is 8.78 Å². The monoisotopic (exact) mass is 258 g/mol. The Hall–Kier alpha value is -0.810. The van der Waals surface area contributed by atoms with Gasteiger partial charge in [-0.3, -0.25) is 0 Å². The third kappa shape index (κ3) is 3.85. The van der Waals surface area contributed by atoms with Crippen LogP contribution < -0.4 is 10.2 Å². The molecule has 5 heteroatoms. The Labute approximate surface area is 104 Å². The highest BCUT2D eigenvalue weighted by Gasteiger charge is 2.10. The summed E-state index contributed by atoms with van der Waals surface area (Å²) in [6.45, 7) is 4.03. The summed E-state index contributed by atoms with van der Waals surface area (Å²) in [7, 11) is 0. The van der Waals surface area contributed by atoms with E-state index in [2.05, 4.69) is 10.2 Å². The third-order valence-corrected chi connectivity index (χ3v) is 3.49. The largest absolute Gasteiger partial charge is 0.370 e. The molecule has 0 aromatic heterocycles. The second-order valence-electron chi connectivity index (χ2n) is 3.96. The van der Waals surface area contributed by atoms with E-state index in [0.717, 1.165) is 38.3 Å². The topological polar surface area (TPSA) is 15.3 Å². The molecular weight excluding hydrogens is 242 g/mol. The zero-order valence-electron chi connectivity index (χ0n) is 9.53. The van der Waals surface area contributed by atoms with Crippen molar-refractivity contribution in [1.82, 2.24) is 5.32 Å². The zero-order valence-corrected chi connectivity index (χ0v) is 10.4. The molecule has 1 aromatic rings. The lowest BCUT2D eigenvalue weighted by Gasteiger charge is -2.22. The van der Waals surface area contributed by atoms with Crippen LogP contribution in [-0.4, -0.2) is 31.9 Å². The summed E-state index contributed by atoms with van der Waals surface area (Å²) >= 11 is 0.594. The summed E-state index contributed by atoms with van der Waals surface area (Å²) in [5.74, 6) is -2.34. The van der Waals surface area contributed by atoms with Crippen LogP contribution in [0.2, 0.25) is 0 Å². The summed E-state index contributed by atoms with van der Waals surface area (Å²) in [6.07, 6.45) is 1.12. The van der Waals surface area contributed by atoms with Gasteiger partial charge in [-0.15, -0.1) is 0 Å². The van der Waals surface area contributed by atoms with Crippen LogP contribution in [0.4, 0.5) is 14.5 Å². The van der Waals surface area contributed by atoms with E-state index in [0.29, 0.717) is 16.7 Å². The number of rotatable bonds is 3. The minimum Gasteiger partial charge on any atom is -0.370 e. The van der Waals surface area contributed by atoms with Crippen molar-refractivity contribution in [3.8, 4) is 0 Å². The lowest BCUT2D eigenvalue weighted by atomic mass is 10.2. The molecule has 0 unspecified atom stereocenters. The van der Waals surface area contributed by atoms with Gasteiger partial charge in [0.25, 0.3) is 5.76 Å². The molecule has 1 N–H and O–H groups in total. The fourth-order valence-electron chi connectivity index (χ4n) is 1.94. The van der Waals surface area contributed by atoms with Crippen LogP contribution in [0.25, 0.3) is 0 Å². The number of anilines is 1. The van der Waals surface area contributed by atoms with Gasteiger partial charge >= 0.3 is 0 Å². The first-order chi connectivity index (χ1) is 8.25. The maximum atomic E-state index is 12.2. The number of nitrogens with one attached hydrogen (secondary N) is 1. The van der Waals surface area contributed by atoms with E-state index < -0.39 is 5.76 Å². The quantitative estimate of drug-likeness (QED) is 0.839. The molecule has 2 nitrogen and oxygen atoms in total. The van der Waals surface area contributed by atoms with Crippen molar-refractivity contribution in [3.63, 3.8) is 0 Å². The molecule has 1 aliphatic heterocycles. The van der Waals surface area contributed by atoms with Crippen LogP contribution >= 0.6 is 11.8 Å². The fourth-order valence-corrected chi connectivity index (χ4v) is 2.44. The van der Waals surface area contributed by atoms with Gasteiger partial charge in [0.2, 0.25) is 0 Å². The molecule has 0 atom stereocenters. The van der Waals surface area contributed by atoms with E-state index >= 15 is 0 Å². The lowest BCUT2D eigenvalue weighted by Crippen LogP contribution is -2.27. The van der Waals surface area contributed by atoms with Crippen LogP contribution in [0.15, 0.2) is 29.2 Å². The first kappa shape index (κ1) is 12.6. The second-order valence-corrected chi connectivity index (χ2v) is 5.03. The molecule has 0 aliphatic carbocycles. The van der Waals surface area contributed by atoms with E-state index in [-0.39, 0.29) is 0 Å². The molecule has 1 saturated heterocycles. The Morgan fingerprint density at radius 1 is 1.12 bits per heavy atom. The summed E-state index contributed by atoms with van der Waals surface area (Å²) < 4.78 is 24.3. The molecule has 1 fully saturated rings. The maximum Gasteiger partial charge on any atom is 0.288 e. The van der Waals surface area contributed by atoms with Crippen LogP contribution in [0, 0.1) is 0 Å². The van der Waals surface area contributed by atoms with Crippen molar-refractivity contribution in [2.45, 2.75) is 17.1 Å². The van der Waals surface area contributed by atoms with Gasteiger partial charge in [0.15, 0.2) is 0 Å². The highest BCUT2D eigenvalue weighted by Crippen LogP contribution is 2.27. The van der Waals surface area contributed by atoms with Crippen molar-refractivity contribution in [2.24, 2.45) is 0 Å². The van der Waals surface area contributed by atoms with Crippen LogP contribution in [0.3, 0.4) is 0 Å². The van der Waals surface area contributed by atoms with Crippen molar-refractivity contribution in [3.05, 3.63) is 24.3 Å². The van der Waals surface area contributed by atoms with Crippen LogP contribution in [-0.2, 0) is 0 Å². The van der Waals surface area contributed by atoms with Crippen molar-refractivity contribution in [1.29, 1.82) is 0 Å². The van der Waals surface area contributed by atoms with Gasteiger partial charge in [0.1, 0.15) is 0 Å². The second kappa shape index (κ2) is 6.21. The van der Waals surface area contributed by atoms with Crippen molar-refractivity contribution in [2.75, 3.05) is 31.1 Å². The average Bonchev–Trinajstić information content (AvgIpc) is 2.58. The Morgan fingerprint density at radius 3 is 2.59 bits per heavy atom. The molecule has 0 radical (unpaired) electrons. The van der Waals surface area contributed by atoms with Gasteiger partial charge in [0.05, 0.1) is 0 Å². The molecule has 0 spiro atoms. The molecule has 1 aliphatic rings. The Kier molecular flexibility index (Phi) is 4.62. The van der Waals surface area contributed by atoms with Gasteiger partial charge in [-0.25, -0.2) is 0 Å². The molecule has 0 amide bonds. The van der Waals surface area contributed by atoms with Gasteiger partial charge in [0, 0.05) is 30.2 Å². The number of hydrogen-bond donors (Lipinski definition) is 1. The smallest absolute Gasteiger partial charge is 0.288 e. The summed E-state index contributed by atoms with van der Waals surface area (Å²) in [5, 5.41) is 3.34. The fraction of sp³-hybridized carbons (Fsp3) is 0.500. The maximum absolute atomic E-state index is 12.2. The number of nitrogens with zero attached hydrogens (tertiary/aromatic N) is 1. The molecular formula is C12H16F2N2S. The number of alkyl halides is 2. The molecule has 17 heavy (non-hydrogen) atoms. The molecule has 0 bridgehead atoms. The van der Waals surface area contributed by atoms with Crippen molar-refractivity contribution >= 4 is 17.4 Å². The number of benzene rings is 1. The Bertz CT molecular complexity index is 335. The minimum absolute atomic E-state index is 0.594. The number of hydrogen-bond acceptors (Lipinski definition) is 3. The molecule has 94 valence electrons. The molecule has 2 rings (SSSR count). The highest BCUT2D eigenvalue weighted by molar-refractivity contribution is 7.99. The molecule has 1 aromatic carbocycles. The highest BCUT2D eigenvalue weighted by atomic mass is 32.2. The average molecular weight is 258 g/mol. The Balaban J connectivity index is 2.00. The van der Waals surface area contributed by atoms with E-state index in [1.54, 1.807) is 12.1 Å². The van der Waals surface area contributed by atoms with E-state index in [1.165, 1.54) is 0 Å². The van der Waals surface area contributed by atoms with Gasteiger partial charge in [-0.05, 0) is 37.2 Å². The minimum atomic E-state index is -2.34. The lowest BCUT2D eigenvalue weighted by molar-refractivity contribution is 0.252. The van der Waals surface area contributed by atoms with Crippen LogP contribution in [0.5, 0.6) is 0 Å². The summed E-state index contributed by atoms with van der Waals surface area (Å²) in [5.41, 5.74) is 1.12. The SMILES string of the molecule is FC(F)Sc1ccc(N2CCCNCC2)cc1. The summed E-state index contributed by atoms with van der Waals surface area (Å²) in [4.78, 5) is 2.91. The Morgan fingerprint density at radius 2 is 1.88 bits per heavy atom. The number of halogens is 2. The molecule has 1 heterocycles. The normalized spacial score (nSPS) is 17.2. The van der Waals surface area contributed by atoms with E-state index in [4.69, 9.17) is 0 Å². The van der Waals surface area contributed by atoms with Gasteiger partial charge in [-0.1, -0.05) is 11.8 Å². The predicted molar refractivity (Wildman–Crippen MR) is 68.0 cm³/mol. The van der Waals surface area contributed by atoms with Crippen LogP contribution in [0.1, 0.15) is 6.42 Å². The first-order valence-corrected chi connectivity index (χ1v) is 6.64. The first-order valence-electron chi connectivity index (χ1n) is 5.76. The van der Waals surface area contributed by atoms with Gasteiger partial charge < -0.3 is 10.2 Å². The third-order valence-electron chi connectivity index (χ3n) is 2.77.